The second-order valence-electron chi connectivity index (χ2n) is 10.7. The molecule has 220 valence electrons. The third-order valence-corrected chi connectivity index (χ3v) is 9.01. The summed E-state index contributed by atoms with van der Waals surface area (Å²) >= 11 is 0. The summed E-state index contributed by atoms with van der Waals surface area (Å²) in [5, 5.41) is 3.38. The molecule has 1 aliphatic carbocycles. The number of fused-ring (bicyclic) bond motifs is 1. The van der Waals surface area contributed by atoms with Crippen LogP contribution in [0.3, 0.4) is 0 Å². The van der Waals surface area contributed by atoms with Crippen molar-refractivity contribution in [2.75, 3.05) is 24.4 Å². The fourth-order valence-corrected chi connectivity index (χ4v) is 6.64. The monoisotopic (exact) mass is 592 g/mol. The number of piperidine rings is 1. The summed E-state index contributed by atoms with van der Waals surface area (Å²) < 4.78 is 82.9. The lowest BCUT2D eigenvalue weighted by Crippen LogP contribution is -2.55. The minimum atomic E-state index is -5.12. The molecule has 3 fully saturated rings. The lowest BCUT2D eigenvalue weighted by molar-refractivity contribution is -0.321. The van der Waals surface area contributed by atoms with Crippen molar-refractivity contribution in [1.29, 1.82) is 0 Å². The van der Waals surface area contributed by atoms with Gasteiger partial charge in [0.1, 0.15) is 18.5 Å². The Bertz CT molecular complexity index is 1320. The maximum absolute atomic E-state index is 14.0. The predicted molar refractivity (Wildman–Crippen MR) is 130 cm³/mol. The highest BCUT2D eigenvalue weighted by molar-refractivity contribution is 8.07. The van der Waals surface area contributed by atoms with Gasteiger partial charge in [-0.3, -0.25) is 28.6 Å². The third-order valence-electron chi connectivity index (χ3n) is 7.83. The maximum atomic E-state index is 14.0. The molecule has 0 spiro atoms. The van der Waals surface area contributed by atoms with Crippen LogP contribution in [-0.2, 0) is 29.1 Å². The van der Waals surface area contributed by atoms with Gasteiger partial charge in [-0.15, -0.1) is 13.2 Å². The number of Topliss-reactive ketones (excluding diaryl/α,β-unsaturated/α-hetero) is 1. The van der Waals surface area contributed by atoms with Gasteiger partial charge in [-0.25, -0.2) is 4.39 Å². The molecule has 0 aromatic heterocycles. The van der Waals surface area contributed by atoms with Gasteiger partial charge in [-0.05, 0) is 42.2 Å². The number of halogens is 4. The molecule has 0 unspecified atom stereocenters. The molecule has 3 amide bonds. The summed E-state index contributed by atoms with van der Waals surface area (Å²) in [7, 11) is -4.87. The maximum Gasteiger partial charge on any atom is 0.522 e. The Morgan fingerprint density at radius 3 is 2.50 bits per heavy atom. The molecule has 1 saturated carbocycles. The Kier molecular flexibility index (Phi) is 7.88. The fraction of sp³-hybridized carbons (Fsp3) is 0.583. The lowest BCUT2D eigenvalue weighted by Gasteiger charge is -2.31. The van der Waals surface area contributed by atoms with Crippen LogP contribution in [0.5, 0.6) is 0 Å². The molecule has 1 aromatic carbocycles. The van der Waals surface area contributed by atoms with E-state index in [1.165, 1.54) is 12.1 Å². The predicted octanol–water partition coefficient (Wildman–Crippen LogP) is 1.76. The molecule has 11 nitrogen and oxygen atoms in total. The van der Waals surface area contributed by atoms with Gasteiger partial charge in [0.05, 0.1) is 11.7 Å². The zero-order valence-electron chi connectivity index (χ0n) is 21.5. The van der Waals surface area contributed by atoms with Crippen molar-refractivity contribution < 1.29 is 49.9 Å². The summed E-state index contributed by atoms with van der Waals surface area (Å²) in [4.78, 5) is 52.2. The van der Waals surface area contributed by atoms with Crippen molar-refractivity contribution in [3.05, 3.63) is 30.1 Å². The number of ketones is 1. The fourth-order valence-electron chi connectivity index (χ4n) is 5.60. The molecule has 2 aliphatic heterocycles. The van der Waals surface area contributed by atoms with Gasteiger partial charge in [-0.1, -0.05) is 26.0 Å². The molecule has 2 saturated heterocycles. The summed E-state index contributed by atoms with van der Waals surface area (Å²) in [5.74, 6) is -5.04. The van der Waals surface area contributed by atoms with Crippen LogP contribution >= 0.6 is 0 Å². The largest absolute Gasteiger partial charge is 0.522 e. The number of hydrogen-bond donors (Lipinski definition) is 3. The Morgan fingerprint density at radius 1 is 1.23 bits per heavy atom. The van der Waals surface area contributed by atoms with E-state index in [9.17, 15) is 45.2 Å². The number of alkyl halides is 3. The van der Waals surface area contributed by atoms with Crippen LogP contribution in [0.1, 0.15) is 26.7 Å². The van der Waals surface area contributed by atoms with Crippen LogP contribution in [0.4, 0.5) is 28.0 Å². The van der Waals surface area contributed by atoms with E-state index in [0.717, 1.165) is 17.0 Å². The number of hydrogen-bond acceptors (Lipinski definition) is 7. The Morgan fingerprint density at radius 2 is 1.90 bits per heavy atom. The van der Waals surface area contributed by atoms with E-state index in [-0.39, 0.29) is 31.8 Å². The van der Waals surface area contributed by atoms with Crippen LogP contribution in [0.15, 0.2) is 24.3 Å². The molecule has 0 radical (unpaired) electrons. The number of para-hydroxylation sites is 1. The van der Waals surface area contributed by atoms with E-state index in [0.29, 0.717) is 0 Å². The van der Waals surface area contributed by atoms with Gasteiger partial charge in [0.15, 0.2) is 5.78 Å². The van der Waals surface area contributed by atoms with Crippen LogP contribution < -0.4 is 15.4 Å². The van der Waals surface area contributed by atoms with E-state index < -0.39 is 86.7 Å². The first-order chi connectivity index (χ1) is 18.5. The molecular formula is C24H28F4N4O7S. The first-order valence-electron chi connectivity index (χ1n) is 12.4. The van der Waals surface area contributed by atoms with Crippen LogP contribution in [0, 0.1) is 29.0 Å². The van der Waals surface area contributed by atoms with Crippen LogP contribution in [0.25, 0.3) is 0 Å². The standard InChI is InChI=1S/C24H28F4N4O7S/c1-23(2)13-10-32(22(36)40(37,38)31-15-6-4-3-5-14(15)25)19(18(13)23)21(35)30-16(9-12-7-8-29-20(12)34)17(33)11-39-24(26,27)28/h3-6,12-13,16,18-19,31H,7-11H2,1-2H3,(H,29,34)(H,30,35)/t12-,13-,16-,18-,19-/m0/s1. The van der Waals surface area contributed by atoms with Gasteiger partial charge in [0, 0.05) is 19.0 Å². The molecule has 5 atom stereocenters. The van der Waals surface area contributed by atoms with E-state index in [1.54, 1.807) is 13.8 Å². The molecule has 4 rings (SSSR count). The number of nitrogens with one attached hydrogen (secondary N) is 3. The van der Waals surface area contributed by atoms with Crippen molar-refractivity contribution in [2.24, 2.45) is 23.2 Å². The molecule has 0 bridgehead atoms. The van der Waals surface area contributed by atoms with E-state index >= 15 is 0 Å². The highest BCUT2D eigenvalue weighted by Gasteiger charge is 2.70. The Labute approximate surface area is 227 Å². The lowest BCUT2D eigenvalue weighted by atomic mass is 9.95. The number of amides is 3. The number of carbonyl (C=O) groups is 4. The topological polar surface area (TPSA) is 151 Å². The zero-order valence-corrected chi connectivity index (χ0v) is 22.3. The van der Waals surface area contributed by atoms with Crippen molar-refractivity contribution >= 4 is 38.5 Å². The molecule has 3 aliphatic rings. The highest BCUT2D eigenvalue weighted by Crippen LogP contribution is 2.65. The van der Waals surface area contributed by atoms with Gasteiger partial charge in [0.2, 0.25) is 11.8 Å². The number of benzene rings is 1. The Balaban J connectivity index is 1.55. The van der Waals surface area contributed by atoms with Gasteiger partial charge in [0.25, 0.3) is 0 Å². The van der Waals surface area contributed by atoms with Crippen molar-refractivity contribution in [3.63, 3.8) is 0 Å². The number of likely N-dealkylation sites (tertiary alicyclic amines) is 1. The average molecular weight is 593 g/mol. The number of carbonyl (C=O) groups excluding carboxylic acids is 4. The van der Waals surface area contributed by atoms with E-state index in [2.05, 4.69) is 15.4 Å². The first kappa shape index (κ1) is 29.7. The van der Waals surface area contributed by atoms with Gasteiger partial charge < -0.3 is 15.5 Å². The minimum Gasteiger partial charge on any atom is -0.356 e. The van der Waals surface area contributed by atoms with E-state index in [1.807, 2.05) is 4.72 Å². The third kappa shape index (κ3) is 6.06. The van der Waals surface area contributed by atoms with Crippen molar-refractivity contribution in [1.82, 2.24) is 15.5 Å². The van der Waals surface area contributed by atoms with Crippen LogP contribution in [-0.4, -0.2) is 74.3 Å². The highest BCUT2D eigenvalue weighted by atomic mass is 32.2. The normalized spacial score (nSPS) is 26.1. The minimum absolute atomic E-state index is 0.131. The van der Waals surface area contributed by atoms with Crippen LogP contribution in [0.2, 0.25) is 0 Å². The number of rotatable bonds is 9. The SMILES string of the molecule is CC1(C)[C@@H]2[C@@H](C(=O)N[C@@H](C[C@@H]3CCNC3=O)C(=O)COC(F)(F)F)N(C(=O)S(=O)(=O)Nc3ccccc3F)C[C@@H]21. The average Bonchev–Trinajstić information content (AvgIpc) is 3.20. The van der Waals surface area contributed by atoms with Gasteiger partial charge in [-0.2, -0.15) is 8.42 Å². The summed E-state index contributed by atoms with van der Waals surface area (Å²) in [6.45, 7) is 2.34. The quantitative estimate of drug-likeness (QED) is 0.370. The number of anilines is 1. The first-order valence-corrected chi connectivity index (χ1v) is 13.9. The second-order valence-corrected chi connectivity index (χ2v) is 12.2. The molecule has 1 aromatic rings. The number of nitrogens with zero attached hydrogens (tertiary/aromatic N) is 1. The second kappa shape index (κ2) is 10.6. The molecule has 40 heavy (non-hydrogen) atoms. The molecule has 16 heteroatoms. The molecule has 3 N–H and O–H groups in total. The van der Waals surface area contributed by atoms with Crippen molar-refractivity contribution in [3.8, 4) is 0 Å². The molecule has 2 heterocycles. The number of ether oxygens (including phenoxy) is 1. The molecular weight excluding hydrogens is 564 g/mol. The summed E-state index contributed by atoms with van der Waals surface area (Å²) in [6, 6.07) is 1.79. The number of sulfonamides is 1. The summed E-state index contributed by atoms with van der Waals surface area (Å²) in [5.41, 5.74) is -0.960. The van der Waals surface area contributed by atoms with Crippen molar-refractivity contribution in [2.45, 2.75) is 45.1 Å². The van der Waals surface area contributed by atoms with Gasteiger partial charge >= 0.3 is 21.6 Å². The summed E-state index contributed by atoms with van der Waals surface area (Å²) in [6.07, 6.45) is -5.15. The smallest absolute Gasteiger partial charge is 0.356 e. The van der Waals surface area contributed by atoms with E-state index in [4.69, 9.17) is 0 Å². The Hall–Kier alpha value is -3.27. The zero-order chi connectivity index (χ0) is 29.6.